The maximum atomic E-state index is 14.4. The Hall–Kier alpha value is -3.50. The number of ether oxygens (including phenoxy) is 2. The lowest BCUT2D eigenvalue weighted by Crippen LogP contribution is -2.43. The van der Waals surface area contributed by atoms with E-state index in [0.717, 1.165) is 29.3 Å². The van der Waals surface area contributed by atoms with Gasteiger partial charge in [-0.15, -0.1) is 0 Å². The van der Waals surface area contributed by atoms with Crippen LogP contribution < -0.4 is 15.3 Å². The number of hydrogen-bond acceptors (Lipinski definition) is 9. The number of nitrogens with one attached hydrogen (secondary N) is 1. The molecular formula is C32H44N5O6P. The standard InChI is InChI=1S/C32H44N5O6P/c1-7-9-19-41-31(38)23(5)36-44(39,43-24-15-11-10-12-16-24)42-21-32(6,22(3)4)37-27(20-40-8-2)35-28-29(37)25-17-13-14-18-26(25)34-30(28)33/h10-18,22-23H,7-9,19-21H2,1-6H3,(H2,33,34)(H,36,39)/t23-,32?,44?/m0/s1. The highest BCUT2D eigenvalue weighted by molar-refractivity contribution is 7.52. The van der Waals surface area contributed by atoms with Crippen molar-refractivity contribution in [1.29, 1.82) is 0 Å². The van der Waals surface area contributed by atoms with Crippen molar-refractivity contribution < 1.29 is 27.9 Å². The van der Waals surface area contributed by atoms with Crippen LogP contribution in [0.1, 0.15) is 60.2 Å². The molecule has 3 atom stereocenters. The molecule has 2 heterocycles. The first-order chi connectivity index (χ1) is 21.0. The molecule has 0 aliphatic rings. The van der Waals surface area contributed by atoms with Crippen LogP contribution in [0.3, 0.4) is 0 Å². The predicted molar refractivity (Wildman–Crippen MR) is 172 cm³/mol. The zero-order chi connectivity index (χ0) is 31.9. The van der Waals surface area contributed by atoms with Gasteiger partial charge < -0.3 is 24.3 Å². The highest BCUT2D eigenvalue weighted by atomic mass is 31.2. The number of para-hydroxylation sites is 2. The molecule has 12 heteroatoms. The first-order valence-electron chi connectivity index (χ1n) is 15.1. The molecule has 2 unspecified atom stereocenters. The molecule has 4 rings (SSSR count). The fourth-order valence-corrected chi connectivity index (χ4v) is 6.43. The summed E-state index contributed by atoms with van der Waals surface area (Å²) in [5, 5.41) is 3.67. The van der Waals surface area contributed by atoms with Crippen molar-refractivity contribution in [3.8, 4) is 5.75 Å². The summed E-state index contributed by atoms with van der Waals surface area (Å²) in [5.74, 6) is 0.661. The van der Waals surface area contributed by atoms with E-state index in [1.807, 2.05) is 51.1 Å². The molecule has 0 saturated carbocycles. The number of unbranched alkanes of at least 4 members (excludes halogenated alkanes) is 1. The number of hydrogen-bond donors (Lipinski definition) is 2. The third kappa shape index (κ3) is 7.41. The van der Waals surface area contributed by atoms with E-state index in [9.17, 15) is 9.36 Å². The number of benzene rings is 2. The van der Waals surface area contributed by atoms with E-state index in [4.69, 9.17) is 29.2 Å². The van der Waals surface area contributed by atoms with Crippen LogP contribution >= 0.6 is 7.75 Å². The summed E-state index contributed by atoms with van der Waals surface area (Å²) in [6, 6.07) is 15.5. The number of nitrogens with zero attached hydrogens (tertiary/aromatic N) is 3. The molecule has 238 valence electrons. The van der Waals surface area contributed by atoms with E-state index in [1.165, 1.54) is 0 Å². The van der Waals surface area contributed by atoms with Gasteiger partial charge in [-0.2, -0.15) is 5.09 Å². The maximum Gasteiger partial charge on any atom is 0.459 e. The molecule has 44 heavy (non-hydrogen) atoms. The summed E-state index contributed by atoms with van der Waals surface area (Å²) in [6.45, 7) is 12.5. The molecular weight excluding hydrogens is 581 g/mol. The van der Waals surface area contributed by atoms with Crippen molar-refractivity contribution >= 4 is 41.5 Å². The Morgan fingerprint density at radius 1 is 1.07 bits per heavy atom. The number of anilines is 1. The minimum atomic E-state index is -4.14. The minimum Gasteiger partial charge on any atom is -0.465 e. The fraction of sp³-hybridized carbons (Fsp3) is 0.469. The number of carbonyl (C=O) groups is 1. The Bertz CT molecular complexity index is 1610. The lowest BCUT2D eigenvalue weighted by molar-refractivity contribution is -0.145. The summed E-state index contributed by atoms with van der Waals surface area (Å²) in [4.78, 5) is 22.2. The highest BCUT2D eigenvalue weighted by Crippen LogP contribution is 2.47. The smallest absolute Gasteiger partial charge is 0.459 e. The molecule has 0 radical (unpaired) electrons. The molecule has 0 amide bonds. The van der Waals surface area contributed by atoms with Gasteiger partial charge in [-0.3, -0.25) is 9.32 Å². The summed E-state index contributed by atoms with van der Waals surface area (Å²) in [5.41, 5.74) is 7.65. The third-order valence-corrected chi connectivity index (χ3v) is 9.35. The van der Waals surface area contributed by atoms with Gasteiger partial charge in [0.05, 0.1) is 29.8 Å². The SMILES string of the molecule is CCCCOC(=O)[C@H](C)NP(=O)(OCC(C)(C(C)C)n1c(COCC)nc2c(N)nc3ccccc3c21)Oc1ccccc1. The second-order valence-electron chi connectivity index (χ2n) is 11.3. The normalized spacial score (nSPS) is 15.2. The van der Waals surface area contributed by atoms with Crippen LogP contribution in [-0.4, -0.2) is 46.4 Å². The first kappa shape index (κ1) is 33.4. The van der Waals surface area contributed by atoms with Gasteiger partial charge in [0.2, 0.25) is 0 Å². The Kier molecular flexibility index (Phi) is 11.0. The molecule has 0 aliphatic carbocycles. The van der Waals surface area contributed by atoms with E-state index in [0.29, 0.717) is 29.5 Å². The molecule has 2 aromatic heterocycles. The molecule has 11 nitrogen and oxygen atoms in total. The van der Waals surface area contributed by atoms with E-state index in [2.05, 4.69) is 28.5 Å². The second-order valence-corrected chi connectivity index (χ2v) is 13.0. The lowest BCUT2D eigenvalue weighted by atomic mass is 9.88. The number of imidazole rings is 1. The quantitative estimate of drug-likeness (QED) is 0.0795. The molecule has 0 spiro atoms. The van der Waals surface area contributed by atoms with Gasteiger partial charge in [0.1, 0.15) is 29.7 Å². The summed E-state index contributed by atoms with van der Waals surface area (Å²) in [7, 11) is -4.14. The summed E-state index contributed by atoms with van der Waals surface area (Å²) in [6.07, 6.45) is 1.62. The van der Waals surface area contributed by atoms with Crippen molar-refractivity contribution in [2.75, 3.05) is 25.6 Å². The topological polar surface area (TPSA) is 140 Å². The molecule has 0 bridgehead atoms. The van der Waals surface area contributed by atoms with Crippen LogP contribution in [0.2, 0.25) is 0 Å². The Labute approximate surface area is 259 Å². The number of aromatic nitrogens is 3. The molecule has 4 aromatic rings. The van der Waals surface area contributed by atoms with Crippen LogP contribution in [0.25, 0.3) is 21.9 Å². The van der Waals surface area contributed by atoms with Crippen LogP contribution in [0.4, 0.5) is 5.82 Å². The van der Waals surface area contributed by atoms with Crippen molar-refractivity contribution in [2.45, 2.75) is 72.6 Å². The van der Waals surface area contributed by atoms with Crippen molar-refractivity contribution in [1.82, 2.24) is 19.6 Å². The van der Waals surface area contributed by atoms with Gasteiger partial charge in [-0.25, -0.2) is 14.5 Å². The van der Waals surface area contributed by atoms with Gasteiger partial charge in [0.15, 0.2) is 5.82 Å². The average Bonchev–Trinajstić information content (AvgIpc) is 3.40. The number of esters is 1. The maximum absolute atomic E-state index is 14.4. The van der Waals surface area contributed by atoms with E-state index >= 15 is 0 Å². The van der Waals surface area contributed by atoms with Gasteiger partial charge in [-0.1, -0.05) is 63.6 Å². The summed E-state index contributed by atoms with van der Waals surface area (Å²) >= 11 is 0. The number of rotatable bonds is 16. The molecule has 0 saturated heterocycles. The molecule has 3 N–H and O–H groups in total. The highest BCUT2D eigenvalue weighted by Gasteiger charge is 2.40. The first-order valence-corrected chi connectivity index (χ1v) is 16.6. The monoisotopic (exact) mass is 625 g/mol. The second kappa shape index (κ2) is 14.5. The fourth-order valence-electron chi connectivity index (χ4n) is 4.84. The number of fused-ring (bicyclic) bond motifs is 3. The van der Waals surface area contributed by atoms with Crippen molar-refractivity contribution in [3.63, 3.8) is 0 Å². The molecule has 0 fully saturated rings. The van der Waals surface area contributed by atoms with Crippen LogP contribution in [-0.2, 0) is 35.5 Å². The third-order valence-electron chi connectivity index (χ3n) is 7.72. The van der Waals surface area contributed by atoms with E-state index in [-0.39, 0.29) is 25.7 Å². The van der Waals surface area contributed by atoms with Gasteiger partial charge in [-0.05, 0) is 51.3 Å². The van der Waals surface area contributed by atoms with Gasteiger partial charge >= 0.3 is 13.7 Å². The largest absolute Gasteiger partial charge is 0.465 e. The zero-order valence-electron chi connectivity index (χ0n) is 26.4. The number of carbonyl (C=O) groups excluding carboxylic acids is 1. The Morgan fingerprint density at radius 2 is 1.77 bits per heavy atom. The van der Waals surface area contributed by atoms with Crippen LogP contribution in [0, 0.1) is 5.92 Å². The molecule has 2 aromatic carbocycles. The van der Waals surface area contributed by atoms with Gasteiger partial charge in [0.25, 0.3) is 0 Å². The zero-order valence-corrected chi connectivity index (χ0v) is 27.3. The average molecular weight is 626 g/mol. The predicted octanol–water partition coefficient (Wildman–Crippen LogP) is 6.60. The number of nitrogen functional groups attached to an aromatic ring is 1. The summed E-state index contributed by atoms with van der Waals surface area (Å²) < 4.78 is 39.9. The number of nitrogens with two attached hydrogens (primary N) is 1. The van der Waals surface area contributed by atoms with Gasteiger partial charge in [0, 0.05) is 12.0 Å². The van der Waals surface area contributed by atoms with Crippen molar-refractivity contribution in [3.05, 3.63) is 60.4 Å². The Balaban J connectivity index is 1.77. The lowest BCUT2D eigenvalue weighted by Gasteiger charge is -2.38. The van der Waals surface area contributed by atoms with Crippen LogP contribution in [0.15, 0.2) is 54.6 Å². The van der Waals surface area contributed by atoms with E-state index in [1.54, 1.807) is 31.2 Å². The Morgan fingerprint density at radius 3 is 2.45 bits per heavy atom. The number of pyridine rings is 1. The van der Waals surface area contributed by atoms with Crippen molar-refractivity contribution in [2.24, 2.45) is 5.92 Å². The minimum absolute atomic E-state index is 0.0602. The molecule has 0 aliphatic heterocycles. The van der Waals surface area contributed by atoms with E-state index < -0.39 is 25.3 Å². The van der Waals surface area contributed by atoms with Crippen LogP contribution in [0.5, 0.6) is 5.75 Å².